The van der Waals surface area contributed by atoms with Crippen LogP contribution in [0.4, 0.5) is 13.2 Å². The Morgan fingerprint density at radius 2 is 1.50 bits per heavy atom. The van der Waals surface area contributed by atoms with Crippen molar-refractivity contribution < 1.29 is 13.2 Å². The van der Waals surface area contributed by atoms with Crippen molar-refractivity contribution in [3.05, 3.63) is 33.4 Å². The van der Waals surface area contributed by atoms with Gasteiger partial charge in [0.05, 0.1) is 6.54 Å². The molecule has 0 aliphatic carbocycles. The van der Waals surface area contributed by atoms with Crippen LogP contribution >= 0.6 is 22.6 Å². The maximum atomic E-state index is 12.3. The van der Waals surface area contributed by atoms with Crippen LogP contribution in [-0.4, -0.2) is 55.2 Å². The second-order valence-electron chi connectivity index (χ2n) is 5.11. The van der Waals surface area contributed by atoms with E-state index in [-0.39, 0.29) is 0 Å². The highest BCUT2D eigenvalue weighted by Gasteiger charge is 2.31. The molecule has 1 saturated heterocycles. The summed E-state index contributed by atoms with van der Waals surface area (Å²) < 4.78 is 38.1. The van der Waals surface area contributed by atoms with Crippen molar-refractivity contribution in [1.82, 2.24) is 9.80 Å². The van der Waals surface area contributed by atoms with E-state index in [1.165, 1.54) is 14.0 Å². The number of piperazine rings is 1. The van der Waals surface area contributed by atoms with E-state index in [1.807, 2.05) is 0 Å². The Kier molecular flexibility index (Phi) is 5.68. The van der Waals surface area contributed by atoms with Crippen LogP contribution in [0.25, 0.3) is 0 Å². The molecule has 0 amide bonds. The van der Waals surface area contributed by atoms with Crippen molar-refractivity contribution in [2.75, 3.05) is 39.3 Å². The minimum Gasteiger partial charge on any atom is -0.300 e. The first-order chi connectivity index (χ1) is 9.42. The van der Waals surface area contributed by atoms with Crippen molar-refractivity contribution >= 4 is 22.6 Å². The first-order valence-corrected chi connectivity index (χ1v) is 7.76. The van der Waals surface area contributed by atoms with Gasteiger partial charge in [-0.15, -0.1) is 0 Å². The van der Waals surface area contributed by atoms with Crippen molar-refractivity contribution in [3.8, 4) is 0 Å². The lowest BCUT2D eigenvalue weighted by molar-refractivity contribution is -0.149. The van der Waals surface area contributed by atoms with E-state index < -0.39 is 12.7 Å². The van der Waals surface area contributed by atoms with Gasteiger partial charge in [0.15, 0.2) is 0 Å². The molecule has 0 saturated carbocycles. The van der Waals surface area contributed by atoms with Crippen molar-refractivity contribution in [1.29, 1.82) is 0 Å². The zero-order chi connectivity index (χ0) is 14.6. The van der Waals surface area contributed by atoms with Gasteiger partial charge in [-0.1, -0.05) is 12.1 Å². The molecule has 0 N–H and O–H groups in total. The van der Waals surface area contributed by atoms with Gasteiger partial charge in [-0.2, -0.15) is 13.2 Å². The molecule has 1 aliphatic rings. The summed E-state index contributed by atoms with van der Waals surface area (Å²) in [4.78, 5) is 3.73. The summed E-state index contributed by atoms with van der Waals surface area (Å²) in [6.45, 7) is 2.59. The minimum absolute atomic E-state index is 0.506. The van der Waals surface area contributed by atoms with E-state index in [4.69, 9.17) is 0 Å². The summed E-state index contributed by atoms with van der Waals surface area (Å²) in [6, 6.07) is 8.39. The Morgan fingerprint density at radius 3 is 2.05 bits per heavy atom. The molecule has 20 heavy (non-hydrogen) atoms. The summed E-state index contributed by atoms with van der Waals surface area (Å²) in [5, 5.41) is 0. The van der Waals surface area contributed by atoms with Gasteiger partial charge in [0.25, 0.3) is 0 Å². The quantitative estimate of drug-likeness (QED) is 0.720. The number of nitrogens with zero attached hydrogens (tertiary/aromatic N) is 2. The first kappa shape index (κ1) is 16.0. The molecule has 0 radical (unpaired) electrons. The fourth-order valence-electron chi connectivity index (χ4n) is 2.36. The molecule has 0 aromatic heterocycles. The molecular formula is C14H18F3IN2. The Hall–Kier alpha value is -0.340. The predicted octanol–water partition coefficient (Wildman–Crippen LogP) is 3.01. The van der Waals surface area contributed by atoms with E-state index in [9.17, 15) is 13.2 Å². The summed E-state index contributed by atoms with van der Waals surface area (Å²) in [5.41, 5.74) is 1.28. The molecule has 6 heteroatoms. The minimum atomic E-state index is -4.08. The van der Waals surface area contributed by atoms with Crippen molar-refractivity contribution in [2.24, 2.45) is 0 Å². The Labute approximate surface area is 131 Å². The molecule has 1 heterocycles. The SMILES string of the molecule is FC(F)(F)CN1CCN(CCc2ccc(I)cc2)CC1. The standard InChI is InChI=1S/C14H18F3IN2/c15-14(16,17)11-20-9-7-19(8-10-20)6-5-12-1-3-13(18)4-2-12/h1-4H,5-11H2. The highest BCUT2D eigenvalue weighted by atomic mass is 127. The number of alkyl halides is 3. The Balaban J connectivity index is 1.70. The topological polar surface area (TPSA) is 6.48 Å². The van der Waals surface area contributed by atoms with E-state index in [1.54, 1.807) is 0 Å². The van der Waals surface area contributed by atoms with E-state index >= 15 is 0 Å². The number of rotatable bonds is 4. The predicted molar refractivity (Wildman–Crippen MR) is 81.8 cm³/mol. The highest BCUT2D eigenvalue weighted by Crippen LogP contribution is 2.17. The second kappa shape index (κ2) is 7.09. The van der Waals surface area contributed by atoms with Crippen LogP contribution in [0, 0.1) is 3.57 Å². The van der Waals surface area contributed by atoms with Crippen LogP contribution in [0.3, 0.4) is 0 Å². The summed E-state index contributed by atoms with van der Waals surface area (Å²) in [6.07, 6.45) is -3.13. The fourth-order valence-corrected chi connectivity index (χ4v) is 2.72. The van der Waals surface area contributed by atoms with E-state index in [0.29, 0.717) is 13.1 Å². The number of halogens is 4. The Bertz CT molecular complexity index is 411. The van der Waals surface area contributed by atoms with Gasteiger partial charge in [-0.3, -0.25) is 4.90 Å². The molecule has 1 fully saturated rings. The number of hydrogen-bond donors (Lipinski definition) is 0. The van der Waals surface area contributed by atoms with Crippen LogP contribution in [0.1, 0.15) is 5.56 Å². The maximum Gasteiger partial charge on any atom is 0.401 e. The molecule has 0 bridgehead atoms. The van der Waals surface area contributed by atoms with Crippen LogP contribution < -0.4 is 0 Å². The molecule has 0 spiro atoms. The monoisotopic (exact) mass is 398 g/mol. The summed E-state index contributed by atoms with van der Waals surface area (Å²) >= 11 is 2.27. The average molecular weight is 398 g/mol. The van der Waals surface area contributed by atoms with E-state index in [2.05, 4.69) is 51.8 Å². The molecule has 1 aromatic rings. The molecule has 2 nitrogen and oxygen atoms in total. The lowest BCUT2D eigenvalue weighted by Crippen LogP contribution is -2.49. The summed E-state index contributed by atoms with van der Waals surface area (Å²) in [7, 11) is 0. The highest BCUT2D eigenvalue weighted by molar-refractivity contribution is 14.1. The van der Waals surface area contributed by atoms with Crippen molar-refractivity contribution in [3.63, 3.8) is 0 Å². The molecule has 1 aromatic carbocycles. The number of benzene rings is 1. The normalized spacial score (nSPS) is 18.4. The third-order valence-corrected chi connectivity index (χ3v) is 4.22. The molecule has 0 atom stereocenters. The van der Waals surface area contributed by atoms with Gasteiger partial charge >= 0.3 is 6.18 Å². The summed E-state index contributed by atoms with van der Waals surface area (Å²) in [5.74, 6) is 0. The fraction of sp³-hybridized carbons (Fsp3) is 0.571. The zero-order valence-corrected chi connectivity index (χ0v) is 13.3. The molecule has 1 aliphatic heterocycles. The number of hydrogen-bond acceptors (Lipinski definition) is 2. The van der Waals surface area contributed by atoms with Gasteiger partial charge < -0.3 is 4.90 Å². The van der Waals surface area contributed by atoms with Gasteiger partial charge in [-0.25, -0.2) is 0 Å². The average Bonchev–Trinajstić information content (AvgIpc) is 2.38. The third-order valence-electron chi connectivity index (χ3n) is 3.50. The third kappa shape index (κ3) is 5.57. The van der Waals surface area contributed by atoms with Crippen LogP contribution in [0.2, 0.25) is 0 Å². The molecule has 112 valence electrons. The lowest BCUT2D eigenvalue weighted by atomic mass is 10.1. The molecule has 2 rings (SSSR count). The molecular weight excluding hydrogens is 380 g/mol. The molecule has 0 unspecified atom stereocenters. The van der Waals surface area contributed by atoms with Gasteiger partial charge in [0.1, 0.15) is 0 Å². The van der Waals surface area contributed by atoms with Crippen LogP contribution in [0.5, 0.6) is 0 Å². The first-order valence-electron chi connectivity index (χ1n) is 6.68. The second-order valence-corrected chi connectivity index (χ2v) is 6.36. The zero-order valence-electron chi connectivity index (χ0n) is 11.2. The lowest BCUT2D eigenvalue weighted by Gasteiger charge is -2.34. The smallest absolute Gasteiger partial charge is 0.300 e. The Morgan fingerprint density at radius 1 is 0.950 bits per heavy atom. The van der Waals surface area contributed by atoms with Crippen molar-refractivity contribution in [2.45, 2.75) is 12.6 Å². The van der Waals surface area contributed by atoms with E-state index in [0.717, 1.165) is 26.1 Å². The largest absolute Gasteiger partial charge is 0.401 e. The van der Waals surface area contributed by atoms with Gasteiger partial charge in [0, 0.05) is 36.3 Å². The van der Waals surface area contributed by atoms with Gasteiger partial charge in [0.2, 0.25) is 0 Å². The maximum absolute atomic E-state index is 12.3. The van der Waals surface area contributed by atoms with Gasteiger partial charge in [-0.05, 0) is 46.7 Å². The van der Waals surface area contributed by atoms with Crippen LogP contribution in [-0.2, 0) is 6.42 Å². The van der Waals surface area contributed by atoms with Crippen LogP contribution in [0.15, 0.2) is 24.3 Å².